The van der Waals surface area contributed by atoms with Crippen molar-refractivity contribution in [3.8, 4) is 10.7 Å². The van der Waals surface area contributed by atoms with E-state index in [1.54, 1.807) is 11.3 Å². The van der Waals surface area contributed by atoms with Crippen molar-refractivity contribution in [2.75, 3.05) is 6.54 Å². The van der Waals surface area contributed by atoms with Gasteiger partial charge in [0.2, 0.25) is 11.7 Å². The molecule has 4 nitrogen and oxygen atoms in total. The van der Waals surface area contributed by atoms with Crippen molar-refractivity contribution < 1.29 is 4.52 Å². The lowest BCUT2D eigenvalue weighted by Gasteiger charge is -2.34. The lowest BCUT2D eigenvalue weighted by molar-refractivity contribution is 0.117. The molecule has 2 aromatic heterocycles. The van der Waals surface area contributed by atoms with Crippen LogP contribution in [0.15, 0.2) is 52.4 Å². The molecule has 130 valence electrons. The number of aromatic nitrogens is 2. The van der Waals surface area contributed by atoms with E-state index in [1.807, 2.05) is 17.5 Å². The Balaban J connectivity index is 1.39. The first-order chi connectivity index (χ1) is 12.4. The Hall–Kier alpha value is -1.98. The summed E-state index contributed by atoms with van der Waals surface area (Å²) in [5.41, 5.74) is 1.42. The number of hydrogen-bond acceptors (Lipinski definition) is 5. The topological polar surface area (TPSA) is 42.2 Å². The van der Waals surface area contributed by atoms with Crippen LogP contribution in [0.25, 0.3) is 10.7 Å². The van der Waals surface area contributed by atoms with Crippen LogP contribution in [-0.4, -0.2) is 27.6 Å². The number of nitrogens with zero attached hydrogens (tertiary/aromatic N) is 3. The van der Waals surface area contributed by atoms with Crippen molar-refractivity contribution in [3.05, 3.63) is 59.3 Å². The van der Waals surface area contributed by atoms with Gasteiger partial charge in [-0.1, -0.05) is 48.0 Å². The number of aryl methyl sites for hydroxylation is 1. The van der Waals surface area contributed by atoms with E-state index in [-0.39, 0.29) is 0 Å². The Bertz CT molecular complexity index is 769. The molecule has 1 atom stereocenters. The van der Waals surface area contributed by atoms with Crippen molar-refractivity contribution >= 4 is 11.3 Å². The van der Waals surface area contributed by atoms with Gasteiger partial charge in [-0.25, -0.2) is 0 Å². The van der Waals surface area contributed by atoms with Crippen molar-refractivity contribution in [1.29, 1.82) is 0 Å². The molecular formula is C20H23N3OS. The summed E-state index contributed by atoms with van der Waals surface area (Å²) in [4.78, 5) is 8.18. The molecule has 0 saturated carbocycles. The van der Waals surface area contributed by atoms with E-state index >= 15 is 0 Å². The molecule has 3 heterocycles. The monoisotopic (exact) mass is 353 g/mol. The zero-order valence-corrected chi connectivity index (χ0v) is 15.1. The van der Waals surface area contributed by atoms with Gasteiger partial charge in [-0.2, -0.15) is 4.98 Å². The number of rotatable bonds is 6. The van der Waals surface area contributed by atoms with Gasteiger partial charge in [0.15, 0.2) is 0 Å². The van der Waals surface area contributed by atoms with Crippen molar-refractivity contribution in [2.45, 2.75) is 44.7 Å². The zero-order valence-electron chi connectivity index (χ0n) is 14.3. The fourth-order valence-electron chi connectivity index (χ4n) is 3.57. The third-order valence-corrected chi connectivity index (χ3v) is 5.77. The average molecular weight is 353 g/mol. The van der Waals surface area contributed by atoms with Gasteiger partial charge < -0.3 is 4.52 Å². The van der Waals surface area contributed by atoms with Gasteiger partial charge in [0.25, 0.3) is 0 Å². The molecule has 1 saturated heterocycles. The van der Waals surface area contributed by atoms with Crippen LogP contribution < -0.4 is 0 Å². The fourth-order valence-corrected chi connectivity index (χ4v) is 4.22. The number of likely N-dealkylation sites (tertiary alicyclic amines) is 1. The Labute approximate surface area is 152 Å². The molecule has 5 heteroatoms. The van der Waals surface area contributed by atoms with Crippen molar-refractivity contribution in [2.24, 2.45) is 0 Å². The second-order valence-corrected chi connectivity index (χ2v) is 7.58. The van der Waals surface area contributed by atoms with Crippen LogP contribution in [0.3, 0.4) is 0 Å². The minimum Gasteiger partial charge on any atom is -0.338 e. The molecule has 0 bridgehead atoms. The second-order valence-electron chi connectivity index (χ2n) is 6.63. The molecule has 0 radical (unpaired) electrons. The van der Waals surface area contributed by atoms with E-state index in [0.717, 1.165) is 30.3 Å². The van der Waals surface area contributed by atoms with Crippen LogP contribution in [0, 0.1) is 0 Å². The summed E-state index contributed by atoms with van der Waals surface area (Å²) in [5.74, 6) is 1.44. The molecular weight excluding hydrogens is 330 g/mol. The first kappa shape index (κ1) is 16.5. The molecule has 0 N–H and O–H groups in total. The minimum absolute atomic E-state index is 0.603. The smallest absolute Gasteiger partial charge is 0.241 e. The normalized spacial score (nSPS) is 18.5. The van der Waals surface area contributed by atoms with Crippen molar-refractivity contribution in [3.63, 3.8) is 0 Å². The van der Waals surface area contributed by atoms with Gasteiger partial charge in [-0.3, -0.25) is 4.90 Å². The molecule has 1 fully saturated rings. The van der Waals surface area contributed by atoms with Gasteiger partial charge >= 0.3 is 0 Å². The summed E-state index contributed by atoms with van der Waals surface area (Å²) >= 11 is 1.64. The Morgan fingerprint density at radius 1 is 1.12 bits per heavy atom. The number of thiophene rings is 1. The molecule has 0 aliphatic carbocycles. The molecule has 0 unspecified atom stereocenters. The quantitative estimate of drug-likeness (QED) is 0.639. The fraction of sp³-hybridized carbons (Fsp3) is 0.400. The summed E-state index contributed by atoms with van der Waals surface area (Å²) in [7, 11) is 0. The highest BCUT2D eigenvalue weighted by atomic mass is 32.1. The second kappa shape index (κ2) is 7.93. The van der Waals surface area contributed by atoms with E-state index in [2.05, 4.69) is 45.4 Å². The average Bonchev–Trinajstić information content (AvgIpc) is 3.33. The van der Waals surface area contributed by atoms with Crippen LogP contribution in [0.4, 0.5) is 0 Å². The molecule has 25 heavy (non-hydrogen) atoms. The SMILES string of the molecule is c1ccc(CC[C@@H]2CCCCN2Cc2nc(-c3cccs3)no2)cc1. The van der Waals surface area contributed by atoms with Crippen LogP contribution in [0.1, 0.15) is 37.1 Å². The highest BCUT2D eigenvalue weighted by Gasteiger charge is 2.24. The summed E-state index contributed by atoms with van der Waals surface area (Å²) < 4.78 is 5.51. The van der Waals surface area contributed by atoms with Crippen LogP contribution in [0.2, 0.25) is 0 Å². The maximum absolute atomic E-state index is 5.51. The third-order valence-electron chi connectivity index (χ3n) is 4.91. The summed E-state index contributed by atoms with van der Waals surface area (Å²) in [6.07, 6.45) is 6.16. The van der Waals surface area contributed by atoms with Gasteiger partial charge in [-0.05, 0) is 49.2 Å². The predicted molar refractivity (Wildman–Crippen MR) is 100 cm³/mol. The van der Waals surface area contributed by atoms with E-state index in [9.17, 15) is 0 Å². The highest BCUT2D eigenvalue weighted by molar-refractivity contribution is 7.13. The van der Waals surface area contributed by atoms with Crippen LogP contribution >= 0.6 is 11.3 Å². The largest absolute Gasteiger partial charge is 0.338 e. The van der Waals surface area contributed by atoms with Crippen LogP contribution in [0.5, 0.6) is 0 Å². The standard InChI is InChI=1S/C20H23N3OS/c1-2-7-16(8-3-1)11-12-17-9-4-5-13-23(17)15-19-21-20(22-24-19)18-10-6-14-25-18/h1-3,6-8,10,14,17H,4-5,9,11-13,15H2/t17-/m0/s1. The molecule has 4 rings (SSSR count). The Morgan fingerprint density at radius 2 is 2.04 bits per heavy atom. The maximum Gasteiger partial charge on any atom is 0.241 e. The molecule has 3 aromatic rings. The van der Waals surface area contributed by atoms with Gasteiger partial charge in [-0.15, -0.1) is 11.3 Å². The van der Waals surface area contributed by atoms with Gasteiger partial charge in [0.05, 0.1) is 11.4 Å². The van der Waals surface area contributed by atoms with Crippen molar-refractivity contribution in [1.82, 2.24) is 15.0 Å². The minimum atomic E-state index is 0.603. The first-order valence-corrected chi connectivity index (χ1v) is 9.91. The van der Waals surface area contributed by atoms with E-state index in [1.165, 1.54) is 31.2 Å². The molecule has 1 aromatic carbocycles. The lowest BCUT2D eigenvalue weighted by Crippen LogP contribution is -2.39. The summed E-state index contributed by atoms with van der Waals surface area (Å²) in [6, 6.07) is 15.4. The van der Waals surface area contributed by atoms with Gasteiger partial charge in [0.1, 0.15) is 0 Å². The van der Waals surface area contributed by atoms with E-state index in [4.69, 9.17) is 4.52 Å². The predicted octanol–water partition coefficient (Wildman–Crippen LogP) is 4.79. The van der Waals surface area contributed by atoms with Crippen LogP contribution in [-0.2, 0) is 13.0 Å². The summed E-state index contributed by atoms with van der Waals surface area (Å²) in [5, 5.41) is 6.18. The lowest BCUT2D eigenvalue weighted by atomic mass is 9.96. The molecule has 1 aliphatic heterocycles. The maximum atomic E-state index is 5.51. The van der Waals surface area contributed by atoms with Gasteiger partial charge in [0, 0.05) is 6.04 Å². The van der Waals surface area contributed by atoms with E-state index < -0.39 is 0 Å². The highest BCUT2D eigenvalue weighted by Crippen LogP contribution is 2.25. The number of piperidine rings is 1. The summed E-state index contributed by atoms with van der Waals surface area (Å²) in [6.45, 7) is 1.88. The number of hydrogen-bond donors (Lipinski definition) is 0. The number of benzene rings is 1. The molecule has 0 amide bonds. The Kier molecular flexibility index (Phi) is 5.23. The van der Waals surface area contributed by atoms with E-state index in [0.29, 0.717) is 11.9 Å². The third kappa shape index (κ3) is 4.17. The Morgan fingerprint density at radius 3 is 2.88 bits per heavy atom. The molecule has 0 spiro atoms. The molecule has 1 aliphatic rings. The first-order valence-electron chi connectivity index (χ1n) is 9.03. The zero-order chi connectivity index (χ0) is 16.9.